The van der Waals surface area contributed by atoms with Gasteiger partial charge in [-0.3, -0.25) is 5.73 Å². The first-order valence-corrected chi connectivity index (χ1v) is 4.27. The molecule has 1 unspecified atom stereocenters. The van der Waals surface area contributed by atoms with Crippen molar-refractivity contribution in [2.24, 2.45) is 0 Å². The molecule has 0 aromatic heterocycles. The molecule has 1 aliphatic rings. The van der Waals surface area contributed by atoms with Gasteiger partial charge in [0.15, 0.2) is 0 Å². The molecule has 0 aliphatic carbocycles. The van der Waals surface area contributed by atoms with Crippen molar-refractivity contribution in [3.8, 4) is 0 Å². The highest BCUT2D eigenvalue weighted by molar-refractivity contribution is 4.77. The molecule has 1 fully saturated rings. The summed E-state index contributed by atoms with van der Waals surface area (Å²) in [6.07, 6.45) is 3.75. The van der Waals surface area contributed by atoms with Gasteiger partial charge in [-0.15, -0.1) is 0 Å². The molecule has 0 amide bonds. The summed E-state index contributed by atoms with van der Waals surface area (Å²) in [7, 11) is 0. The zero-order valence-electron chi connectivity index (χ0n) is 6.77. The van der Waals surface area contributed by atoms with Crippen molar-refractivity contribution in [1.29, 1.82) is 0 Å². The van der Waals surface area contributed by atoms with Crippen molar-refractivity contribution in [1.82, 2.24) is 10.6 Å². The van der Waals surface area contributed by atoms with Crippen molar-refractivity contribution < 1.29 is 0 Å². The van der Waals surface area contributed by atoms with E-state index in [-0.39, 0.29) is 0 Å². The molecule has 1 saturated heterocycles. The molecule has 1 N–H and O–H groups in total. The molecule has 0 bridgehead atoms. The molecule has 59 valence electrons. The van der Waals surface area contributed by atoms with E-state index < -0.39 is 0 Å². The molecule has 1 radical (unpaired) electrons. The third kappa shape index (κ3) is 1.70. The normalized spacial score (nSPS) is 27.6. The van der Waals surface area contributed by atoms with Crippen LogP contribution in [0, 0.1) is 0 Å². The maximum absolute atomic E-state index is 7.11. The Labute approximate surface area is 63.4 Å². The standard InChI is InChI=1S/C8H17N2/c1-2-10-7-3-4-8(10)5-6-9/h8-9H,2-7H2,1H3. The third-order valence-corrected chi connectivity index (χ3v) is 2.38. The van der Waals surface area contributed by atoms with Crippen LogP contribution in [0.25, 0.3) is 0 Å². The first kappa shape index (κ1) is 8.02. The van der Waals surface area contributed by atoms with E-state index in [0.29, 0.717) is 6.54 Å². The summed E-state index contributed by atoms with van der Waals surface area (Å²) in [5, 5.41) is 0. The van der Waals surface area contributed by atoms with Crippen LogP contribution in [0.4, 0.5) is 0 Å². The number of nitrogens with one attached hydrogen (secondary N) is 1. The van der Waals surface area contributed by atoms with Crippen LogP contribution in [-0.2, 0) is 0 Å². The van der Waals surface area contributed by atoms with Gasteiger partial charge >= 0.3 is 0 Å². The predicted octanol–water partition coefficient (Wildman–Crippen LogP) is 1.14. The SMILES string of the molecule is CCN1CCCC1CC[NH]. The van der Waals surface area contributed by atoms with Crippen molar-refractivity contribution in [3.63, 3.8) is 0 Å². The number of rotatable bonds is 3. The summed E-state index contributed by atoms with van der Waals surface area (Å²) in [5.41, 5.74) is 7.11. The summed E-state index contributed by atoms with van der Waals surface area (Å²) in [6.45, 7) is 5.25. The van der Waals surface area contributed by atoms with Crippen LogP contribution < -0.4 is 5.73 Å². The highest BCUT2D eigenvalue weighted by Crippen LogP contribution is 2.18. The van der Waals surface area contributed by atoms with E-state index in [1.54, 1.807) is 0 Å². The summed E-state index contributed by atoms with van der Waals surface area (Å²) in [4.78, 5) is 2.49. The molecule has 1 atom stereocenters. The fourth-order valence-corrected chi connectivity index (χ4v) is 1.80. The lowest BCUT2D eigenvalue weighted by Crippen LogP contribution is -2.29. The van der Waals surface area contributed by atoms with E-state index in [1.807, 2.05) is 0 Å². The van der Waals surface area contributed by atoms with Gasteiger partial charge in [0.1, 0.15) is 0 Å². The minimum Gasteiger partial charge on any atom is -0.301 e. The van der Waals surface area contributed by atoms with E-state index in [1.165, 1.54) is 25.9 Å². The zero-order chi connectivity index (χ0) is 7.40. The van der Waals surface area contributed by atoms with E-state index >= 15 is 0 Å². The van der Waals surface area contributed by atoms with E-state index in [9.17, 15) is 0 Å². The van der Waals surface area contributed by atoms with Gasteiger partial charge in [-0.05, 0) is 32.4 Å². The van der Waals surface area contributed by atoms with Crippen molar-refractivity contribution in [2.75, 3.05) is 19.6 Å². The Balaban J connectivity index is 2.27. The zero-order valence-corrected chi connectivity index (χ0v) is 6.77. The largest absolute Gasteiger partial charge is 0.301 e. The Bertz CT molecular complexity index is 93.3. The van der Waals surface area contributed by atoms with Crippen LogP contribution in [-0.4, -0.2) is 30.6 Å². The molecule has 1 aliphatic heterocycles. The van der Waals surface area contributed by atoms with Crippen LogP contribution in [0.3, 0.4) is 0 Å². The highest BCUT2D eigenvalue weighted by Gasteiger charge is 2.21. The second-order valence-electron chi connectivity index (χ2n) is 2.96. The Morgan fingerprint density at radius 1 is 1.60 bits per heavy atom. The average molecular weight is 141 g/mol. The second-order valence-corrected chi connectivity index (χ2v) is 2.96. The van der Waals surface area contributed by atoms with Crippen LogP contribution in [0.1, 0.15) is 26.2 Å². The molecule has 1 rings (SSSR count). The first-order valence-electron chi connectivity index (χ1n) is 4.27. The quantitative estimate of drug-likeness (QED) is 0.579. The second kappa shape index (κ2) is 3.94. The molecular formula is C8H17N2. The lowest BCUT2D eigenvalue weighted by Gasteiger charge is -2.21. The number of hydrogen-bond donors (Lipinski definition) is 0. The van der Waals surface area contributed by atoms with Gasteiger partial charge in [0.2, 0.25) is 0 Å². The minimum atomic E-state index is 0.598. The smallest absolute Gasteiger partial charge is 0.0115 e. The molecule has 2 heteroatoms. The fourth-order valence-electron chi connectivity index (χ4n) is 1.80. The van der Waals surface area contributed by atoms with Gasteiger partial charge in [-0.2, -0.15) is 0 Å². The van der Waals surface area contributed by atoms with Crippen molar-refractivity contribution in [3.05, 3.63) is 0 Å². The summed E-state index contributed by atoms with van der Waals surface area (Å²) < 4.78 is 0. The molecule has 2 nitrogen and oxygen atoms in total. The molecule has 0 aromatic rings. The number of hydrogen-bond acceptors (Lipinski definition) is 1. The lowest BCUT2D eigenvalue weighted by molar-refractivity contribution is 0.257. The molecule has 0 spiro atoms. The predicted molar refractivity (Wildman–Crippen MR) is 42.8 cm³/mol. The van der Waals surface area contributed by atoms with Crippen LogP contribution in [0.15, 0.2) is 0 Å². The van der Waals surface area contributed by atoms with Gasteiger partial charge in [-0.25, -0.2) is 0 Å². The van der Waals surface area contributed by atoms with Crippen molar-refractivity contribution >= 4 is 0 Å². The third-order valence-electron chi connectivity index (χ3n) is 2.38. The van der Waals surface area contributed by atoms with E-state index in [2.05, 4.69) is 11.8 Å². The Kier molecular flexibility index (Phi) is 3.16. The van der Waals surface area contributed by atoms with Gasteiger partial charge in [0.05, 0.1) is 0 Å². The van der Waals surface area contributed by atoms with Gasteiger partial charge in [0.25, 0.3) is 0 Å². The fraction of sp³-hybridized carbons (Fsp3) is 1.00. The maximum atomic E-state index is 7.11. The van der Waals surface area contributed by atoms with Gasteiger partial charge in [0, 0.05) is 12.6 Å². The van der Waals surface area contributed by atoms with Crippen LogP contribution in [0.5, 0.6) is 0 Å². The van der Waals surface area contributed by atoms with Crippen molar-refractivity contribution in [2.45, 2.75) is 32.2 Å². The molecular weight excluding hydrogens is 124 g/mol. The van der Waals surface area contributed by atoms with Crippen LogP contribution >= 0.6 is 0 Å². The van der Waals surface area contributed by atoms with Gasteiger partial charge < -0.3 is 4.90 Å². The molecule has 0 saturated carbocycles. The van der Waals surface area contributed by atoms with Gasteiger partial charge in [-0.1, -0.05) is 6.92 Å². The van der Waals surface area contributed by atoms with Crippen LogP contribution in [0.2, 0.25) is 0 Å². The average Bonchev–Trinajstić information content (AvgIpc) is 2.36. The summed E-state index contributed by atoms with van der Waals surface area (Å²) in [5.74, 6) is 0. The number of nitrogens with zero attached hydrogens (tertiary/aromatic N) is 1. The Morgan fingerprint density at radius 3 is 3.00 bits per heavy atom. The summed E-state index contributed by atoms with van der Waals surface area (Å²) in [6, 6.07) is 0.738. The molecule has 10 heavy (non-hydrogen) atoms. The maximum Gasteiger partial charge on any atom is 0.0115 e. The monoisotopic (exact) mass is 141 g/mol. The Morgan fingerprint density at radius 2 is 2.40 bits per heavy atom. The van der Waals surface area contributed by atoms with E-state index in [4.69, 9.17) is 5.73 Å². The summed E-state index contributed by atoms with van der Waals surface area (Å²) >= 11 is 0. The lowest BCUT2D eigenvalue weighted by atomic mass is 10.1. The minimum absolute atomic E-state index is 0.598. The number of likely N-dealkylation sites (tertiary alicyclic amines) is 1. The highest BCUT2D eigenvalue weighted by atomic mass is 15.2. The topological polar surface area (TPSA) is 27.0 Å². The first-order chi connectivity index (χ1) is 4.88. The molecule has 0 aromatic carbocycles. The van der Waals surface area contributed by atoms with E-state index in [0.717, 1.165) is 12.5 Å². The molecule has 1 heterocycles. The Hall–Kier alpha value is -0.0800.